The maximum atomic E-state index is 11.9. The molecule has 8 heteroatoms. The fourth-order valence-electron chi connectivity index (χ4n) is 10.4. The number of aliphatic hydroxyl groups excluding tert-OH is 2. The summed E-state index contributed by atoms with van der Waals surface area (Å²) in [6, 6.07) is 0. The van der Waals surface area contributed by atoms with Gasteiger partial charge >= 0.3 is 5.97 Å². The molecule has 5 rings (SSSR count). The summed E-state index contributed by atoms with van der Waals surface area (Å²) in [5.41, 5.74) is 0.509. The Bertz CT molecular complexity index is 969. The van der Waals surface area contributed by atoms with Crippen molar-refractivity contribution >= 4 is 5.97 Å². The van der Waals surface area contributed by atoms with E-state index in [1.54, 1.807) is 4.68 Å². The van der Waals surface area contributed by atoms with Crippen molar-refractivity contribution in [3.8, 4) is 0 Å². The van der Waals surface area contributed by atoms with Crippen LogP contribution in [0.5, 0.6) is 0 Å². The number of carboxylic acids is 1. The number of carbonyl (C=O) groups is 1. The molecule has 3 N–H and O–H groups in total. The van der Waals surface area contributed by atoms with Crippen molar-refractivity contribution in [2.24, 2.45) is 52.3 Å². The van der Waals surface area contributed by atoms with Crippen LogP contribution in [0.15, 0.2) is 0 Å². The van der Waals surface area contributed by atoms with Gasteiger partial charge in [-0.2, -0.15) is 0 Å². The van der Waals surface area contributed by atoms with Crippen molar-refractivity contribution in [3.05, 3.63) is 5.82 Å². The van der Waals surface area contributed by atoms with E-state index in [0.717, 1.165) is 38.5 Å². The average Bonchev–Trinajstić information content (AvgIpc) is 3.43. The van der Waals surface area contributed by atoms with Crippen molar-refractivity contribution < 1.29 is 20.1 Å². The van der Waals surface area contributed by atoms with E-state index < -0.39 is 5.97 Å². The van der Waals surface area contributed by atoms with Crippen LogP contribution in [-0.4, -0.2) is 53.7 Å². The zero-order valence-electron chi connectivity index (χ0n) is 23.2. The van der Waals surface area contributed by atoms with Gasteiger partial charge in [-0.15, -0.1) is 5.10 Å². The average molecular weight is 517 g/mol. The van der Waals surface area contributed by atoms with Gasteiger partial charge in [-0.25, -0.2) is 4.68 Å². The third-order valence-corrected chi connectivity index (χ3v) is 12.1. The van der Waals surface area contributed by atoms with Crippen molar-refractivity contribution in [2.45, 2.75) is 117 Å². The molecular weight excluding hydrogens is 468 g/mol. The van der Waals surface area contributed by atoms with Gasteiger partial charge in [0, 0.05) is 6.54 Å². The number of aliphatic hydroxyl groups is 2. The number of hydrogen-bond donors (Lipinski definition) is 3. The van der Waals surface area contributed by atoms with E-state index >= 15 is 0 Å². The lowest BCUT2D eigenvalue weighted by molar-refractivity contribution is -0.203. The third kappa shape index (κ3) is 4.54. The Morgan fingerprint density at radius 1 is 1.08 bits per heavy atom. The predicted molar refractivity (Wildman–Crippen MR) is 139 cm³/mol. The van der Waals surface area contributed by atoms with E-state index in [4.69, 9.17) is 5.11 Å². The van der Waals surface area contributed by atoms with Gasteiger partial charge in [0.15, 0.2) is 5.82 Å². The highest BCUT2D eigenvalue weighted by Gasteiger charge is 2.64. The largest absolute Gasteiger partial charge is 0.481 e. The lowest BCUT2D eigenvalue weighted by atomic mass is 9.41. The van der Waals surface area contributed by atoms with Crippen LogP contribution >= 0.6 is 0 Å². The molecule has 0 saturated heterocycles. The molecule has 0 spiro atoms. The molecule has 37 heavy (non-hydrogen) atoms. The second-order valence-corrected chi connectivity index (χ2v) is 13.6. The molecule has 1 heterocycles. The second-order valence-electron chi connectivity index (χ2n) is 13.6. The summed E-state index contributed by atoms with van der Waals surface area (Å²) in [7, 11) is 0. The summed E-state index contributed by atoms with van der Waals surface area (Å²) < 4.78 is 1.65. The molecule has 4 aliphatic rings. The maximum absolute atomic E-state index is 11.9. The number of aliphatic carboxylic acids is 1. The lowest BCUT2D eigenvalue weighted by Gasteiger charge is -2.64. The third-order valence-electron chi connectivity index (χ3n) is 12.1. The molecule has 0 bridgehead atoms. The molecule has 4 fully saturated rings. The number of aromatic nitrogens is 4. The Morgan fingerprint density at radius 3 is 2.54 bits per heavy atom. The van der Waals surface area contributed by atoms with E-state index in [1.807, 2.05) is 0 Å². The van der Waals surface area contributed by atoms with Gasteiger partial charge in [0.2, 0.25) is 0 Å². The summed E-state index contributed by atoms with van der Waals surface area (Å²) in [6.07, 6.45) is 10.2. The molecule has 0 aromatic carbocycles. The van der Waals surface area contributed by atoms with Gasteiger partial charge in [-0.05, 0) is 120 Å². The quantitative estimate of drug-likeness (QED) is 0.470. The smallest absolute Gasteiger partial charge is 0.311 e. The van der Waals surface area contributed by atoms with Crippen molar-refractivity contribution in [1.29, 1.82) is 0 Å². The Morgan fingerprint density at radius 2 is 1.81 bits per heavy atom. The first kappa shape index (κ1) is 27.0. The molecule has 8 nitrogen and oxygen atoms in total. The number of hydrogen-bond acceptors (Lipinski definition) is 6. The summed E-state index contributed by atoms with van der Waals surface area (Å²) in [6.45, 7) is 10.3. The van der Waals surface area contributed by atoms with Crippen LogP contribution in [0.3, 0.4) is 0 Å². The van der Waals surface area contributed by atoms with Crippen LogP contribution < -0.4 is 0 Å². The fourth-order valence-corrected chi connectivity index (χ4v) is 10.4. The zero-order chi connectivity index (χ0) is 26.5. The fraction of sp³-hybridized carbons (Fsp3) is 0.931. The Balaban J connectivity index is 1.28. The standard InChI is InChI=1S/C29H48N4O4/c1-5-19-23-15-18(34)10-12-29(23,4)22-11-13-28(3)20(8-9-21(28)26(22)27(19)37)17(2)7-6-14-33-24(16-25(35)36)30-31-32-33/h17-23,26-27,34,37H,5-16H2,1-4H3,(H,35,36)/t17-,18-,19-,20-,21?,22?,23+,26?,27-,28-,29-/m1/s1. The first-order valence-corrected chi connectivity index (χ1v) is 14.9. The number of nitrogens with zero attached hydrogens (tertiary/aromatic N) is 4. The molecule has 0 radical (unpaired) electrons. The van der Waals surface area contributed by atoms with Gasteiger partial charge in [0.05, 0.1) is 12.2 Å². The van der Waals surface area contributed by atoms with Crippen LogP contribution in [0.4, 0.5) is 0 Å². The Kier molecular flexibility index (Phi) is 7.47. The Hall–Kier alpha value is -1.54. The maximum Gasteiger partial charge on any atom is 0.311 e. The molecule has 4 aliphatic carbocycles. The highest BCUT2D eigenvalue weighted by molar-refractivity contribution is 5.68. The predicted octanol–water partition coefficient (Wildman–Crippen LogP) is 4.34. The van der Waals surface area contributed by atoms with Gasteiger partial charge in [0.1, 0.15) is 6.42 Å². The van der Waals surface area contributed by atoms with Gasteiger partial charge in [0.25, 0.3) is 0 Å². The molecule has 3 unspecified atom stereocenters. The molecule has 208 valence electrons. The second kappa shape index (κ2) is 10.2. The number of tetrazole rings is 1. The minimum Gasteiger partial charge on any atom is -0.481 e. The van der Waals surface area contributed by atoms with Gasteiger partial charge < -0.3 is 15.3 Å². The van der Waals surface area contributed by atoms with Crippen LogP contribution in [-0.2, 0) is 17.8 Å². The van der Waals surface area contributed by atoms with Crippen LogP contribution in [0, 0.1) is 52.3 Å². The van der Waals surface area contributed by atoms with E-state index in [1.165, 1.54) is 25.7 Å². The zero-order valence-corrected chi connectivity index (χ0v) is 23.2. The molecule has 1 aromatic rings. The van der Waals surface area contributed by atoms with E-state index in [2.05, 4.69) is 43.2 Å². The SMILES string of the molecule is CC[C@H]1[C@@H](O)C2C3CC[C@H]([C@H](C)CCCn4nnnc4CC(=O)O)[C@@]3(C)CCC2[C@@]2(C)CC[C@@H](O)C[C@@H]12. The van der Waals surface area contributed by atoms with Gasteiger partial charge in [-0.1, -0.05) is 34.1 Å². The van der Waals surface area contributed by atoms with Crippen LogP contribution in [0.1, 0.15) is 97.7 Å². The number of fused-ring (bicyclic) bond motifs is 5. The molecule has 1 aromatic heterocycles. The monoisotopic (exact) mass is 516 g/mol. The van der Waals surface area contributed by atoms with E-state index in [0.29, 0.717) is 53.8 Å². The lowest BCUT2D eigenvalue weighted by Crippen LogP contribution is -2.62. The number of carboxylic acid groups (broad SMARTS) is 1. The highest BCUT2D eigenvalue weighted by Crippen LogP contribution is 2.69. The first-order valence-electron chi connectivity index (χ1n) is 14.9. The topological polar surface area (TPSA) is 121 Å². The van der Waals surface area contributed by atoms with Crippen molar-refractivity contribution in [1.82, 2.24) is 20.2 Å². The van der Waals surface area contributed by atoms with E-state index in [-0.39, 0.29) is 29.5 Å². The van der Waals surface area contributed by atoms with E-state index in [9.17, 15) is 15.0 Å². The van der Waals surface area contributed by atoms with Gasteiger partial charge in [-0.3, -0.25) is 4.79 Å². The molecule has 0 amide bonds. The highest BCUT2D eigenvalue weighted by atomic mass is 16.4. The molecule has 4 saturated carbocycles. The molecule has 11 atom stereocenters. The summed E-state index contributed by atoms with van der Waals surface area (Å²) in [4.78, 5) is 11.1. The minimum atomic E-state index is -0.912. The minimum absolute atomic E-state index is 0.146. The first-order chi connectivity index (χ1) is 17.6. The summed E-state index contributed by atoms with van der Waals surface area (Å²) in [5.74, 6) is 3.01. The summed E-state index contributed by atoms with van der Waals surface area (Å²) >= 11 is 0. The summed E-state index contributed by atoms with van der Waals surface area (Å²) in [5, 5.41) is 43.0. The molecular formula is C29H48N4O4. The Labute approximate surface area is 221 Å². The number of rotatable bonds is 8. The van der Waals surface area contributed by atoms with Crippen LogP contribution in [0.2, 0.25) is 0 Å². The normalized spacial score (nSPS) is 44.1. The van der Waals surface area contributed by atoms with Crippen molar-refractivity contribution in [2.75, 3.05) is 0 Å². The van der Waals surface area contributed by atoms with Crippen molar-refractivity contribution in [3.63, 3.8) is 0 Å². The van der Waals surface area contributed by atoms with Crippen LogP contribution in [0.25, 0.3) is 0 Å². The number of aryl methyl sites for hydroxylation is 1. The molecule has 0 aliphatic heterocycles.